The van der Waals surface area contributed by atoms with Crippen LogP contribution in [0.1, 0.15) is 35.7 Å². The highest BCUT2D eigenvalue weighted by molar-refractivity contribution is 9.10. The van der Waals surface area contributed by atoms with E-state index in [9.17, 15) is 4.79 Å². The van der Waals surface area contributed by atoms with E-state index in [-0.39, 0.29) is 5.91 Å². The van der Waals surface area contributed by atoms with E-state index in [2.05, 4.69) is 28.9 Å². The summed E-state index contributed by atoms with van der Waals surface area (Å²) in [5.41, 5.74) is 2.94. The Morgan fingerprint density at radius 3 is 2.87 bits per heavy atom. The number of halogens is 1. The molecule has 0 aliphatic carbocycles. The van der Waals surface area contributed by atoms with Gasteiger partial charge in [0.2, 0.25) is 0 Å². The SMILES string of the molecule is CCCCOc1ccc(C(=O)N2CCc3ccccc32)cc1Br. The summed E-state index contributed by atoms with van der Waals surface area (Å²) < 4.78 is 6.55. The van der Waals surface area contributed by atoms with Crippen molar-refractivity contribution >= 4 is 27.5 Å². The number of para-hydroxylation sites is 1. The molecule has 1 amide bonds. The molecule has 23 heavy (non-hydrogen) atoms. The smallest absolute Gasteiger partial charge is 0.258 e. The molecule has 120 valence electrons. The van der Waals surface area contributed by atoms with Crippen LogP contribution in [0.2, 0.25) is 0 Å². The molecule has 2 aromatic carbocycles. The lowest BCUT2D eigenvalue weighted by Crippen LogP contribution is -2.28. The number of anilines is 1. The average Bonchev–Trinajstić information content (AvgIpc) is 3.00. The van der Waals surface area contributed by atoms with E-state index in [0.717, 1.165) is 41.7 Å². The summed E-state index contributed by atoms with van der Waals surface area (Å²) in [6.07, 6.45) is 3.04. The highest BCUT2D eigenvalue weighted by atomic mass is 79.9. The highest BCUT2D eigenvalue weighted by Gasteiger charge is 2.25. The van der Waals surface area contributed by atoms with Crippen LogP contribution < -0.4 is 9.64 Å². The van der Waals surface area contributed by atoms with Crippen LogP contribution in [-0.2, 0) is 6.42 Å². The van der Waals surface area contributed by atoms with Crippen LogP contribution >= 0.6 is 15.9 Å². The molecule has 1 aliphatic heterocycles. The topological polar surface area (TPSA) is 29.5 Å². The van der Waals surface area contributed by atoms with E-state index in [0.29, 0.717) is 12.2 Å². The second-order valence-electron chi connectivity index (χ2n) is 5.68. The van der Waals surface area contributed by atoms with Gasteiger partial charge in [-0.1, -0.05) is 31.5 Å². The summed E-state index contributed by atoms with van der Waals surface area (Å²) in [6.45, 7) is 3.57. The number of ether oxygens (including phenoxy) is 1. The summed E-state index contributed by atoms with van der Waals surface area (Å²) in [4.78, 5) is 14.7. The number of rotatable bonds is 5. The molecular weight excluding hydrogens is 354 g/mol. The highest BCUT2D eigenvalue weighted by Crippen LogP contribution is 2.31. The number of benzene rings is 2. The fourth-order valence-corrected chi connectivity index (χ4v) is 3.28. The monoisotopic (exact) mass is 373 g/mol. The van der Waals surface area contributed by atoms with E-state index in [1.54, 1.807) is 0 Å². The van der Waals surface area contributed by atoms with Gasteiger partial charge in [-0.3, -0.25) is 4.79 Å². The first kappa shape index (κ1) is 16.1. The summed E-state index contributed by atoms with van der Waals surface area (Å²) in [5.74, 6) is 0.826. The van der Waals surface area contributed by atoms with Gasteiger partial charge in [-0.2, -0.15) is 0 Å². The molecule has 0 aromatic heterocycles. The Morgan fingerprint density at radius 2 is 2.09 bits per heavy atom. The first-order valence-corrected chi connectivity index (χ1v) is 8.82. The van der Waals surface area contributed by atoms with Gasteiger partial charge in [0.25, 0.3) is 5.91 Å². The molecule has 0 saturated heterocycles. The van der Waals surface area contributed by atoms with Crippen molar-refractivity contribution in [1.82, 2.24) is 0 Å². The van der Waals surface area contributed by atoms with Crippen molar-refractivity contribution < 1.29 is 9.53 Å². The first-order chi connectivity index (χ1) is 11.2. The maximum Gasteiger partial charge on any atom is 0.258 e. The lowest BCUT2D eigenvalue weighted by Gasteiger charge is -2.18. The van der Waals surface area contributed by atoms with Gasteiger partial charge in [0.1, 0.15) is 5.75 Å². The second-order valence-corrected chi connectivity index (χ2v) is 6.54. The summed E-state index contributed by atoms with van der Waals surface area (Å²) >= 11 is 3.51. The van der Waals surface area contributed by atoms with Crippen LogP contribution in [0.15, 0.2) is 46.9 Å². The maximum atomic E-state index is 12.8. The number of nitrogens with zero attached hydrogens (tertiary/aromatic N) is 1. The van der Waals surface area contributed by atoms with Crippen molar-refractivity contribution in [2.75, 3.05) is 18.1 Å². The molecule has 0 N–H and O–H groups in total. The quantitative estimate of drug-likeness (QED) is 0.702. The zero-order chi connectivity index (χ0) is 16.2. The Morgan fingerprint density at radius 1 is 1.26 bits per heavy atom. The number of amides is 1. The van der Waals surface area contributed by atoms with Gasteiger partial charge in [0.05, 0.1) is 11.1 Å². The number of unbranched alkanes of at least 4 members (excludes halogenated alkanes) is 1. The zero-order valence-electron chi connectivity index (χ0n) is 13.2. The molecule has 0 fully saturated rings. The molecule has 0 unspecified atom stereocenters. The Bertz CT molecular complexity index is 714. The van der Waals surface area contributed by atoms with E-state index >= 15 is 0 Å². The zero-order valence-corrected chi connectivity index (χ0v) is 14.8. The Labute approximate surface area is 145 Å². The minimum absolute atomic E-state index is 0.0377. The number of carbonyl (C=O) groups excluding carboxylic acids is 1. The minimum atomic E-state index is 0.0377. The standard InChI is InChI=1S/C19H20BrNO2/c1-2-3-12-23-18-9-8-15(13-16(18)20)19(22)21-11-10-14-6-4-5-7-17(14)21/h4-9,13H,2-3,10-12H2,1H3. The van der Waals surface area contributed by atoms with E-state index in [4.69, 9.17) is 4.74 Å². The number of hydrogen-bond acceptors (Lipinski definition) is 2. The van der Waals surface area contributed by atoms with Gasteiger partial charge < -0.3 is 9.64 Å². The van der Waals surface area contributed by atoms with Crippen LogP contribution in [0, 0.1) is 0 Å². The van der Waals surface area contributed by atoms with Crippen molar-refractivity contribution in [3.8, 4) is 5.75 Å². The van der Waals surface area contributed by atoms with Gasteiger partial charge in [0.15, 0.2) is 0 Å². The van der Waals surface area contributed by atoms with Gasteiger partial charge in [-0.25, -0.2) is 0 Å². The summed E-state index contributed by atoms with van der Waals surface area (Å²) in [5, 5.41) is 0. The van der Waals surface area contributed by atoms with Crippen molar-refractivity contribution in [3.05, 3.63) is 58.1 Å². The van der Waals surface area contributed by atoms with Crippen LogP contribution in [0.25, 0.3) is 0 Å². The third-order valence-corrected chi connectivity index (χ3v) is 4.69. The molecule has 0 bridgehead atoms. The third-order valence-electron chi connectivity index (χ3n) is 4.07. The number of fused-ring (bicyclic) bond motifs is 1. The molecule has 4 heteroatoms. The molecule has 1 heterocycles. The lowest BCUT2D eigenvalue weighted by atomic mass is 10.1. The predicted molar refractivity (Wildman–Crippen MR) is 96.4 cm³/mol. The third kappa shape index (κ3) is 3.42. The van der Waals surface area contributed by atoms with Crippen LogP contribution in [0.5, 0.6) is 5.75 Å². The molecule has 3 nitrogen and oxygen atoms in total. The number of hydrogen-bond donors (Lipinski definition) is 0. The Hall–Kier alpha value is -1.81. The van der Waals surface area contributed by atoms with Gasteiger partial charge in [0, 0.05) is 17.8 Å². The van der Waals surface area contributed by atoms with Crippen molar-refractivity contribution in [1.29, 1.82) is 0 Å². The molecule has 0 spiro atoms. The summed E-state index contributed by atoms with van der Waals surface area (Å²) in [7, 11) is 0. The second kappa shape index (κ2) is 7.18. The molecule has 1 aliphatic rings. The van der Waals surface area contributed by atoms with Crippen molar-refractivity contribution in [3.63, 3.8) is 0 Å². The van der Waals surface area contributed by atoms with Gasteiger partial charge in [-0.15, -0.1) is 0 Å². The maximum absolute atomic E-state index is 12.8. The average molecular weight is 374 g/mol. The first-order valence-electron chi connectivity index (χ1n) is 8.03. The Kier molecular flexibility index (Phi) is 5.01. The van der Waals surface area contributed by atoms with E-state index in [1.807, 2.05) is 41.3 Å². The van der Waals surface area contributed by atoms with Crippen molar-refractivity contribution in [2.24, 2.45) is 0 Å². The molecule has 3 rings (SSSR count). The van der Waals surface area contributed by atoms with E-state index in [1.165, 1.54) is 5.56 Å². The van der Waals surface area contributed by atoms with Gasteiger partial charge >= 0.3 is 0 Å². The van der Waals surface area contributed by atoms with Crippen LogP contribution in [-0.4, -0.2) is 19.1 Å². The fourth-order valence-electron chi connectivity index (χ4n) is 2.78. The molecular formula is C19H20BrNO2. The Balaban J connectivity index is 1.77. The largest absolute Gasteiger partial charge is 0.492 e. The molecule has 0 radical (unpaired) electrons. The number of carbonyl (C=O) groups is 1. The normalized spacial score (nSPS) is 13.0. The molecule has 2 aromatic rings. The van der Waals surface area contributed by atoms with Crippen LogP contribution in [0.3, 0.4) is 0 Å². The molecule has 0 saturated carbocycles. The fraction of sp³-hybridized carbons (Fsp3) is 0.316. The minimum Gasteiger partial charge on any atom is -0.492 e. The van der Waals surface area contributed by atoms with Crippen LogP contribution in [0.4, 0.5) is 5.69 Å². The molecule has 0 atom stereocenters. The van der Waals surface area contributed by atoms with Gasteiger partial charge in [-0.05, 0) is 58.6 Å². The lowest BCUT2D eigenvalue weighted by molar-refractivity contribution is 0.0989. The van der Waals surface area contributed by atoms with E-state index < -0.39 is 0 Å². The van der Waals surface area contributed by atoms with Crippen molar-refractivity contribution in [2.45, 2.75) is 26.2 Å². The summed E-state index contributed by atoms with van der Waals surface area (Å²) in [6, 6.07) is 13.7. The predicted octanol–water partition coefficient (Wildman–Crippen LogP) is 4.83.